The molecule has 3 aliphatic rings. The predicted molar refractivity (Wildman–Crippen MR) is 191 cm³/mol. The van der Waals surface area contributed by atoms with Crippen LogP contribution in [-0.4, -0.2) is 88.3 Å². The lowest BCUT2D eigenvalue weighted by molar-refractivity contribution is -0.156. The molecule has 2 aromatic carbocycles. The molecule has 8 atom stereocenters. The summed E-state index contributed by atoms with van der Waals surface area (Å²) in [6.45, 7) is 18.5. The number of aliphatic hydroxyl groups is 1. The highest BCUT2D eigenvalue weighted by Crippen LogP contribution is 2.66. The van der Waals surface area contributed by atoms with E-state index in [9.17, 15) is 9.90 Å². The van der Waals surface area contributed by atoms with E-state index in [1.165, 1.54) is 0 Å². The van der Waals surface area contributed by atoms with Crippen molar-refractivity contribution in [2.75, 3.05) is 31.2 Å². The molecule has 4 unspecified atom stereocenters. The summed E-state index contributed by atoms with van der Waals surface area (Å²) >= 11 is 0. The van der Waals surface area contributed by atoms with Gasteiger partial charge in [-0.1, -0.05) is 62.8 Å². The number of carbonyl (C=O) groups excluding carboxylic acids is 3. The van der Waals surface area contributed by atoms with E-state index in [0.717, 1.165) is 18.4 Å². The van der Waals surface area contributed by atoms with Crippen LogP contribution in [-0.2, 0) is 25.5 Å². The summed E-state index contributed by atoms with van der Waals surface area (Å²) in [5.41, 5.74) is -0.668. The molecule has 3 saturated heterocycles. The molecule has 9 nitrogen and oxygen atoms in total. The number of carbonyl (C=O) groups is 3. The van der Waals surface area contributed by atoms with Crippen molar-refractivity contribution in [3.8, 4) is 5.75 Å². The van der Waals surface area contributed by atoms with Gasteiger partial charge >= 0.3 is 0 Å². The molecule has 2 aromatic rings. The van der Waals surface area contributed by atoms with Gasteiger partial charge in [-0.3, -0.25) is 14.4 Å². The number of ether oxygens (including phenoxy) is 2. The Morgan fingerprint density at radius 2 is 1.76 bits per heavy atom. The molecule has 0 saturated carbocycles. The van der Waals surface area contributed by atoms with E-state index < -0.39 is 35.1 Å². The van der Waals surface area contributed by atoms with Crippen LogP contribution in [0.5, 0.6) is 5.75 Å². The number of benzene rings is 2. The fourth-order valence-electron chi connectivity index (χ4n) is 8.73. The number of fused-ring (bicyclic) bond motifs is 1. The first-order chi connectivity index (χ1) is 23.5. The third kappa shape index (κ3) is 6.32. The van der Waals surface area contributed by atoms with Gasteiger partial charge in [0, 0.05) is 24.8 Å². The van der Waals surface area contributed by atoms with Gasteiger partial charge in [-0.2, -0.15) is 0 Å². The van der Waals surface area contributed by atoms with Crippen LogP contribution in [0.3, 0.4) is 0 Å². The Kier molecular flexibility index (Phi) is 11.0. The minimum absolute atomic E-state index is 0.114. The van der Waals surface area contributed by atoms with Crippen molar-refractivity contribution in [2.45, 2.75) is 89.6 Å². The van der Waals surface area contributed by atoms with Crippen LogP contribution in [0.4, 0.5) is 5.69 Å². The molecule has 3 amide bonds. The van der Waals surface area contributed by atoms with E-state index in [2.05, 4.69) is 20.1 Å². The maximum Gasteiger partial charge on any atom is 0.248 e. The van der Waals surface area contributed by atoms with E-state index >= 15 is 9.59 Å². The average molecular weight is 672 g/mol. The second-order valence-electron chi connectivity index (χ2n) is 14.1. The first-order valence-corrected chi connectivity index (χ1v) is 17.8. The van der Waals surface area contributed by atoms with E-state index in [1.807, 2.05) is 82.3 Å². The minimum Gasteiger partial charge on any atom is -0.494 e. The molecule has 49 heavy (non-hydrogen) atoms. The lowest BCUT2D eigenvalue weighted by atomic mass is 9.62. The lowest BCUT2D eigenvalue weighted by Gasteiger charge is -2.41. The van der Waals surface area contributed by atoms with E-state index in [4.69, 9.17) is 9.47 Å². The maximum absolute atomic E-state index is 15.1. The molecule has 1 N–H and O–H groups in total. The maximum atomic E-state index is 15.1. The van der Waals surface area contributed by atoms with Crippen molar-refractivity contribution in [1.29, 1.82) is 0 Å². The molecule has 3 aliphatic heterocycles. The van der Waals surface area contributed by atoms with Crippen LogP contribution in [0.1, 0.15) is 59.4 Å². The fraction of sp³-hybridized carbons (Fsp3) is 0.525. The monoisotopic (exact) mass is 671 g/mol. The summed E-state index contributed by atoms with van der Waals surface area (Å²) in [7, 11) is 0. The molecule has 0 aromatic heterocycles. The molecule has 1 spiro atoms. The Hall–Kier alpha value is -3.95. The zero-order valence-electron chi connectivity index (χ0n) is 29.7. The Morgan fingerprint density at radius 3 is 2.35 bits per heavy atom. The molecule has 0 radical (unpaired) electrons. The Labute approximate surface area is 291 Å². The third-order valence-electron chi connectivity index (χ3n) is 11.1. The second kappa shape index (κ2) is 14.9. The predicted octanol–water partition coefficient (Wildman–Crippen LogP) is 5.42. The molecule has 3 fully saturated rings. The summed E-state index contributed by atoms with van der Waals surface area (Å²) in [4.78, 5) is 50.1. The summed E-state index contributed by atoms with van der Waals surface area (Å²) < 4.78 is 12.7. The number of amides is 3. The van der Waals surface area contributed by atoms with Gasteiger partial charge in [0.05, 0.1) is 36.7 Å². The lowest BCUT2D eigenvalue weighted by Crippen LogP contribution is -2.60. The highest BCUT2D eigenvalue weighted by atomic mass is 16.5. The molecule has 264 valence electrons. The smallest absolute Gasteiger partial charge is 0.248 e. The zero-order valence-corrected chi connectivity index (χ0v) is 29.7. The minimum atomic E-state index is -1.25. The van der Waals surface area contributed by atoms with Gasteiger partial charge in [-0.15, -0.1) is 13.2 Å². The van der Waals surface area contributed by atoms with Gasteiger partial charge in [0.15, 0.2) is 0 Å². The van der Waals surface area contributed by atoms with Crippen molar-refractivity contribution in [1.82, 2.24) is 9.80 Å². The van der Waals surface area contributed by atoms with Crippen molar-refractivity contribution in [2.24, 2.45) is 17.8 Å². The molecule has 5 rings (SSSR count). The Bertz CT molecular complexity index is 1510. The third-order valence-corrected chi connectivity index (χ3v) is 11.1. The van der Waals surface area contributed by atoms with Gasteiger partial charge in [0.25, 0.3) is 0 Å². The number of aliphatic hydroxyl groups excluding tert-OH is 1. The fourth-order valence-corrected chi connectivity index (χ4v) is 8.73. The molecular formula is C40H53N3O6. The van der Waals surface area contributed by atoms with Crippen LogP contribution < -0.4 is 9.64 Å². The normalized spacial score (nSPS) is 28.1. The first-order valence-electron chi connectivity index (χ1n) is 17.8. The average Bonchev–Trinajstić information content (AvgIpc) is 3.61. The Balaban J connectivity index is 1.63. The van der Waals surface area contributed by atoms with Gasteiger partial charge < -0.3 is 29.3 Å². The number of hydrogen-bond acceptors (Lipinski definition) is 6. The standard InChI is InChI=1S/C40H53N3O6/c1-8-15-28(6)41(22-9-2)38(47)35-40-25-27(5)39(7,49-40)33(36(45)42(23-10-3)30-18-20-32(21-19-30)48-11-4)34(40)37(46)43(35)31(26-44)24-29-16-13-12-14-17-29/h9-10,12-14,16-21,27-28,31,33-35,44H,2-3,8,11,15,22-26H2,1,4-7H3/t27?,28?,31-,33-,34+,35?,39+,40?/m1/s1. The van der Waals surface area contributed by atoms with E-state index in [0.29, 0.717) is 37.4 Å². The van der Waals surface area contributed by atoms with E-state index in [-0.39, 0.29) is 42.8 Å². The summed E-state index contributed by atoms with van der Waals surface area (Å²) in [6, 6.07) is 15.1. The number of anilines is 1. The summed E-state index contributed by atoms with van der Waals surface area (Å²) in [5.74, 6) is -2.03. The van der Waals surface area contributed by atoms with Crippen LogP contribution in [0.15, 0.2) is 79.9 Å². The highest BCUT2D eigenvalue weighted by Gasteiger charge is 2.80. The SMILES string of the molecule is C=CCN(C(=O)[C@H]1[C@H]2C(=O)N([C@@H](CO)Cc3ccccc3)C(C(=O)N(CC=C)C(C)CCC)C23CC(C)[C@]1(C)O3)c1ccc(OCC)cc1. The molecule has 3 heterocycles. The van der Waals surface area contributed by atoms with Crippen molar-refractivity contribution >= 4 is 23.4 Å². The van der Waals surface area contributed by atoms with Crippen LogP contribution >= 0.6 is 0 Å². The molecule has 2 bridgehead atoms. The zero-order chi connectivity index (χ0) is 35.5. The van der Waals surface area contributed by atoms with Gasteiger partial charge in [0.2, 0.25) is 17.7 Å². The molecule has 0 aliphatic carbocycles. The molecule has 9 heteroatoms. The van der Waals surface area contributed by atoms with Crippen molar-refractivity contribution in [3.63, 3.8) is 0 Å². The first kappa shape index (κ1) is 36.3. The topological polar surface area (TPSA) is 99.6 Å². The molecular weight excluding hydrogens is 618 g/mol. The number of likely N-dealkylation sites (tertiary alicyclic amines) is 1. The van der Waals surface area contributed by atoms with E-state index in [1.54, 1.807) is 26.9 Å². The Morgan fingerprint density at radius 1 is 1.08 bits per heavy atom. The second-order valence-corrected chi connectivity index (χ2v) is 14.1. The van der Waals surface area contributed by atoms with Gasteiger partial charge in [-0.25, -0.2) is 0 Å². The number of rotatable bonds is 16. The van der Waals surface area contributed by atoms with Crippen LogP contribution in [0.25, 0.3) is 0 Å². The quantitative estimate of drug-likeness (QED) is 0.239. The van der Waals surface area contributed by atoms with Crippen LogP contribution in [0, 0.1) is 17.8 Å². The van der Waals surface area contributed by atoms with Gasteiger partial charge in [-0.05, 0) is 75.8 Å². The van der Waals surface area contributed by atoms with Crippen molar-refractivity contribution < 1.29 is 29.0 Å². The summed E-state index contributed by atoms with van der Waals surface area (Å²) in [5, 5.41) is 10.9. The van der Waals surface area contributed by atoms with Crippen LogP contribution in [0.2, 0.25) is 0 Å². The number of hydrogen-bond donors (Lipinski definition) is 1. The summed E-state index contributed by atoms with van der Waals surface area (Å²) in [6.07, 6.45) is 5.82. The van der Waals surface area contributed by atoms with Crippen molar-refractivity contribution in [3.05, 3.63) is 85.5 Å². The number of nitrogens with zero attached hydrogens (tertiary/aromatic N) is 3. The highest BCUT2D eigenvalue weighted by molar-refractivity contribution is 6.03. The van der Waals surface area contributed by atoms with Gasteiger partial charge in [0.1, 0.15) is 17.4 Å². The largest absolute Gasteiger partial charge is 0.494 e.